The van der Waals surface area contributed by atoms with Gasteiger partial charge in [0.15, 0.2) is 0 Å². The van der Waals surface area contributed by atoms with Gasteiger partial charge in [-0.3, -0.25) is 9.69 Å². The fraction of sp³-hybridized carbons (Fsp3) is 0.385. The average Bonchev–Trinajstić information content (AvgIpc) is 2.77. The number of methoxy groups -OCH3 is 1. The van der Waals surface area contributed by atoms with Crippen molar-refractivity contribution in [3.63, 3.8) is 0 Å². The summed E-state index contributed by atoms with van der Waals surface area (Å²) < 4.78 is 6.51. The quantitative estimate of drug-likeness (QED) is 0.787. The number of rotatable bonds is 5. The molecule has 2 heterocycles. The van der Waals surface area contributed by atoms with Gasteiger partial charge in [-0.05, 0) is 19.2 Å². The normalized spacial score (nSPS) is 11.2. The SMILES string of the molecule is COC(=O)CCN(C)Cc1cn2cc(Cl)ccc2n1. The Labute approximate surface area is 116 Å². The van der Waals surface area contributed by atoms with Crippen molar-refractivity contribution in [3.8, 4) is 0 Å². The van der Waals surface area contributed by atoms with E-state index >= 15 is 0 Å². The van der Waals surface area contributed by atoms with Crippen molar-refractivity contribution in [1.82, 2.24) is 14.3 Å². The average molecular weight is 282 g/mol. The summed E-state index contributed by atoms with van der Waals surface area (Å²) in [4.78, 5) is 17.6. The van der Waals surface area contributed by atoms with Crippen molar-refractivity contribution in [3.05, 3.63) is 35.2 Å². The lowest BCUT2D eigenvalue weighted by molar-refractivity contribution is -0.140. The van der Waals surface area contributed by atoms with Gasteiger partial charge >= 0.3 is 5.97 Å². The van der Waals surface area contributed by atoms with Crippen molar-refractivity contribution in [1.29, 1.82) is 0 Å². The van der Waals surface area contributed by atoms with E-state index in [1.807, 2.05) is 40.9 Å². The first-order chi connectivity index (χ1) is 9.08. The molecule has 0 N–H and O–H groups in total. The van der Waals surface area contributed by atoms with Crippen molar-refractivity contribution >= 4 is 23.2 Å². The molecule has 0 radical (unpaired) electrons. The summed E-state index contributed by atoms with van der Waals surface area (Å²) in [7, 11) is 3.34. The largest absolute Gasteiger partial charge is 0.469 e. The van der Waals surface area contributed by atoms with Crippen LogP contribution in [-0.4, -0.2) is 41.0 Å². The number of fused-ring (bicyclic) bond motifs is 1. The Morgan fingerprint density at radius 1 is 1.47 bits per heavy atom. The van der Waals surface area contributed by atoms with Crippen LogP contribution in [0.25, 0.3) is 5.65 Å². The molecule has 0 spiro atoms. The Bertz CT molecular complexity index is 582. The van der Waals surface area contributed by atoms with E-state index in [1.54, 1.807) is 0 Å². The van der Waals surface area contributed by atoms with Crippen LogP contribution in [0.2, 0.25) is 5.02 Å². The van der Waals surface area contributed by atoms with Gasteiger partial charge < -0.3 is 9.14 Å². The number of carbonyl (C=O) groups is 1. The lowest BCUT2D eigenvalue weighted by Crippen LogP contribution is -2.22. The topological polar surface area (TPSA) is 46.8 Å². The minimum atomic E-state index is -0.200. The maximum Gasteiger partial charge on any atom is 0.306 e. The number of esters is 1. The number of carbonyl (C=O) groups excluding carboxylic acids is 1. The maximum atomic E-state index is 11.1. The summed E-state index contributed by atoms with van der Waals surface area (Å²) >= 11 is 5.92. The summed E-state index contributed by atoms with van der Waals surface area (Å²) in [5.74, 6) is -0.200. The van der Waals surface area contributed by atoms with Gasteiger partial charge in [0.1, 0.15) is 5.65 Å². The summed E-state index contributed by atoms with van der Waals surface area (Å²) in [6.45, 7) is 1.32. The fourth-order valence-corrected chi connectivity index (χ4v) is 2.00. The van der Waals surface area contributed by atoms with E-state index in [0.717, 1.165) is 11.3 Å². The molecule has 0 aliphatic carbocycles. The number of nitrogens with zero attached hydrogens (tertiary/aromatic N) is 3. The van der Waals surface area contributed by atoms with Crippen molar-refractivity contribution in [2.45, 2.75) is 13.0 Å². The number of imidazole rings is 1. The molecule has 0 unspecified atom stereocenters. The third-order valence-electron chi connectivity index (χ3n) is 2.82. The van der Waals surface area contributed by atoms with Crippen LogP contribution in [0.4, 0.5) is 0 Å². The number of hydrogen-bond donors (Lipinski definition) is 0. The highest BCUT2D eigenvalue weighted by atomic mass is 35.5. The zero-order valence-electron chi connectivity index (χ0n) is 11.0. The number of hydrogen-bond acceptors (Lipinski definition) is 4. The van der Waals surface area contributed by atoms with Gasteiger partial charge in [0.2, 0.25) is 0 Å². The minimum Gasteiger partial charge on any atom is -0.469 e. The van der Waals surface area contributed by atoms with Gasteiger partial charge in [0.05, 0.1) is 24.2 Å². The highest BCUT2D eigenvalue weighted by Gasteiger charge is 2.08. The minimum absolute atomic E-state index is 0.200. The molecule has 102 valence electrons. The number of ether oxygens (including phenoxy) is 1. The Morgan fingerprint density at radius 2 is 2.26 bits per heavy atom. The second-order valence-electron chi connectivity index (χ2n) is 4.41. The van der Waals surface area contributed by atoms with Crippen LogP contribution >= 0.6 is 11.6 Å². The summed E-state index contributed by atoms with van der Waals surface area (Å²) in [5.41, 5.74) is 1.80. The molecular weight excluding hydrogens is 266 g/mol. The predicted octanol–water partition coefficient (Wildman–Crippen LogP) is 1.98. The summed E-state index contributed by atoms with van der Waals surface area (Å²) in [6, 6.07) is 3.69. The van der Waals surface area contributed by atoms with E-state index in [9.17, 15) is 4.79 Å². The Hall–Kier alpha value is -1.59. The first-order valence-corrected chi connectivity index (χ1v) is 6.35. The third kappa shape index (κ3) is 3.68. The van der Waals surface area contributed by atoms with E-state index in [2.05, 4.69) is 9.72 Å². The van der Waals surface area contributed by atoms with E-state index in [0.29, 0.717) is 24.5 Å². The number of aromatic nitrogens is 2. The molecule has 0 saturated heterocycles. The van der Waals surface area contributed by atoms with Crippen LogP contribution in [0.3, 0.4) is 0 Å². The standard InChI is InChI=1S/C13H16ClN3O2/c1-16(6-5-13(18)19-2)8-11-9-17-7-10(14)3-4-12(17)15-11/h3-4,7,9H,5-6,8H2,1-2H3. The summed E-state index contributed by atoms with van der Waals surface area (Å²) in [6.07, 6.45) is 4.14. The molecule has 0 fully saturated rings. The van der Waals surface area contributed by atoms with Crippen molar-refractivity contribution < 1.29 is 9.53 Å². The van der Waals surface area contributed by atoms with Gasteiger partial charge in [0, 0.05) is 25.5 Å². The van der Waals surface area contributed by atoms with Gasteiger partial charge in [-0.25, -0.2) is 4.98 Å². The second kappa shape index (κ2) is 6.04. The fourth-order valence-electron chi connectivity index (χ4n) is 1.83. The third-order valence-corrected chi connectivity index (χ3v) is 3.05. The van der Waals surface area contributed by atoms with E-state index in [-0.39, 0.29) is 5.97 Å². The van der Waals surface area contributed by atoms with E-state index in [4.69, 9.17) is 11.6 Å². The van der Waals surface area contributed by atoms with Crippen LogP contribution in [-0.2, 0) is 16.1 Å². The first-order valence-electron chi connectivity index (χ1n) is 5.97. The molecule has 0 aliphatic heterocycles. The smallest absolute Gasteiger partial charge is 0.306 e. The molecule has 19 heavy (non-hydrogen) atoms. The highest BCUT2D eigenvalue weighted by molar-refractivity contribution is 6.30. The number of halogens is 1. The van der Waals surface area contributed by atoms with Gasteiger partial charge in [0.25, 0.3) is 0 Å². The summed E-state index contributed by atoms with van der Waals surface area (Å²) in [5, 5.41) is 0.676. The van der Waals surface area contributed by atoms with E-state index in [1.165, 1.54) is 7.11 Å². The Kier molecular flexibility index (Phi) is 4.39. The monoisotopic (exact) mass is 281 g/mol. The van der Waals surface area contributed by atoms with Crippen LogP contribution in [0.5, 0.6) is 0 Å². The van der Waals surface area contributed by atoms with E-state index < -0.39 is 0 Å². The number of pyridine rings is 1. The molecular formula is C13H16ClN3O2. The lowest BCUT2D eigenvalue weighted by atomic mass is 10.3. The first kappa shape index (κ1) is 13.8. The van der Waals surface area contributed by atoms with Crippen LogP contribution in [0, 0.1) is 0 Å². The van der Waals surface area contributed by atoms with Crippen LogP contribution in [0.1, 0.15) is 12.1 Å². The molecule has 0 aliphatic rings. The molecule has 2 aromatic rings. The zero-order valence-corrected chi connectivity index (χ0v) is 11.7. The molecule has 0 saturated carbocycles. The predicted molar refractivity (Wildman–Crippen MR) is 73.2 cm³/mol. The Morgan fingerprint density at radius 3 is 3.00 bits per heavy atom. The molecule has 6 heteroatoms. The highest BCUT2D eigenvalue weighted by Crippen LogP contribution is 2.12. The molecule has 2 rings (SSSR count). The zero-order chi connectivity index (χ0) is 13.8. The van der Waals surface area contributed by atoms with Crippen molar-refractivity contribution in [2.24, 2.45) is 0 Å². The molecule has 5 nitrogen and oxygen atoms in total. The second-order valence-corrected chi connectivity index (χ2v) is 4.85. The molecule has 0 amide bonds. The molecule has 0 atom stereocenters. The Balaban J connectivity index is 1.98. The maximum absolute atomic E-state index is 11.1. The molecule has 0 bridgehead atoms. The van der Waals surface area contributed by atoms with Crippen molar-refractivity contribution in [2.75, 3.05) is 20.7 Å². The lowest BCUT2D eigenvalue weighted by Gasteiger charge is -2.13. The van der Waals surface area contributed by atoms with Gasteiger partial charge in [-0.2, -0.15) is 0 Å². The molecule has 2 aromatic heterocycles. The van der Waals surface area contributed by atoms with Gasteiger partial charge in [-0.15, -0.1) is 0 Å². The van der Waals surface area contributed by atoms with Crippen LogP contribution < -0.4 is 0 Å². The van der Waals surface area contributed by atoms with Gasteiger partial charge in [-0.1, -0.05) is 11.6 Å². The molecule has 0 aromatic carbocycles. The van der Waals surface area contributed by atoms with Crippen LogP contribution in [0.15, 0.2) is 24.5 Å².